The third-order valence-corrected chi connectivity index (χ3v) is 6.61. The summed E-state index contributed by atoms with van der Waals surface area (Å²) in [5, 5.41) is 27.4. The van der Waals surface area contributed by atoms with Gasteiger partial charge in [-0.2, -0.15) is 15.5 Å². The Morgan fingerprint density at radius 3 is 2.18 bits per heavy atom. The number of fused-ring (bicyclic) bond motifs is 1. The van der Waals surface area contributed by atoms with E-state index >= 15 is 0 Å². The SMILES string of the molecule is Cn1cc(-c2cc(-c3ccc(N4CCN(CCO)CC4)nc3)c3c(C#N)cnn3c2)cn1.c1ccccc1. The van der Waals surface area contributed by atoms with Crippen LogP contribution in [0.2, 0.25) is 0 Å². The van der Waals surface area contributed by atoms with E-state index in [2.05, 4.69) is 38.2 Å². The molecular weight excluding hydrogens is 476 g/mol. The maximum atomic E-state index is 9.60. The summed E-state index contributed by atoms with van der Waals surface area (Å²) in [5.74, 6) is 0.936. The lowest BCUT2D eigenvalue weighted by atomic mass is 10.0. The van der Waals surface area contributed by atoms with Gasteiger partial charge in [0.2, 0.25) is 0 Å². The number of nitrogens with zero attached hydrogens (tertiary/aromatic N) is 8. The second-order valence-corrected chi connectivity index (χ2v) is 9.12. The summed E-state index contributed by atoms with van der Waals surface area (Å²) >= 11 is 0. The molecule has 0 radical (unpaired) electrons. The van der Waals surface area contributed by atoms with Crippen LogP contribution < -0.4 is 4.90 Å². The topological polar surface area (TPSA) is 98.5 Å². The van der Waals surface area contributed by atoms with Crippen molar-refractivity contribution in [3.8, 4) is 28.3 Å². The van der Waals surface area contributed by atoms with E-state index in [1.54, 1.807) is 15.4 Å². The van der Waals surface area contributed by atoms with Crippen LogP contribution in [0.3, 0.4) is 0 Å². The number of hydrogen-bond acceptors (Lipinski definition) is 7. The first-order valence-electron chi connectivity index (χ1n) is 12.6. The van der Waals surface area contributed by atoms with E-state index in [9.17, 15) is 5.26 Å². The summed E-state index contributed by atoms with van der Waals surface area (Å²) in [6.45, 7) is 4.51. The highest BCUT2D eigenvalue weighted by Crippen LogP contribution is 2.32. The number of hydrogen-bond donors (Lipinski definition) is 1. The number of piperazine rings is 1. The number of β-amino-alcohol motifs (C(OH)–C–C–N with tert-alkyl or cyclic N) is 1. The van der Waals surface area contributed by atoms with Crippen molar-refractivity contribution in [3.63, 3.8) is 0 Å². The minimum absolute atomic E-state index is 0.193. The fourth-order valence-corrected chi connectivity index (χ4v) is 4.61. The second-order valence-electron chi connectivity index (χ2n) is 9.12. The standard InChI is InChI=1S/C23H24N8O.C6H6/c1-28-15-20(14-26-28)18-10-21(23-19(11-24)13-27-31(23)16-18)17-2-3-22(25-12-17)30-6-4-29(5-7-30)8-9-32;1-2-4-6-5-3-1/h2-3,10,12-16,32H,4-9H2,1H3;1-6H. The van der Waals surface area contributed by atoms with Gasteiger partial charge in [-0.3, -0.25) is 9.58 Å². The number of nitriles is 1. The molecule has 192 valence electrons. The zero-order valence-electron chi connectivity index (χ0n) is 21.4. The summed E-state index contributed by atoms with van der Waals surface area (Å²) in [6.07, 6.45) is 9.16. The third kappa shape index (κ3) is 5.57. The highest BCUT2D eigenvalue weighted by molar-refractivity contribution is 5.87. The van der Waals surface area contributed by atoms with Gasteiger partial charge >= 0.3 is 0 Å². The maximum Gasteiger partial charge on any atom is 0.128 e. The number of benzene rings is 1. The number of aliphatic hydroxyl groups is 1. The first kappa shape index (κ1) is 25.1. The maximum absolute atomic E-state index is 9.60. The van der Waals surface area contributed by atoms with Gasteiger partial charge in [0.15, 0.2) is 0 Å². The molecule has 38 heavy (non-hydrogen) atoms. The van der Waals surface area contributed by atoms with Crippen LogP contribution in [-0.2, 0) is 7.05 Å². The van der Waals surface area contributed by atoms with Gasteiger partial charge in [0.05, 0.1) is 30.1 Å². The first-order valence-corrected chi connectivity index (χ1v) is 12.6. The molecule has 1 aliphatic heterocycles. The molecule has 0 spiro atoms. The van der Waals surface area contributed by atoms with Gasteiger partial charge in [0.1, 0.15) is 11.9 Å². The van der Waals surface area contributed by atoms with E-state index < -0.39 is 0 Å². The van der Waals surface area contributed by atoms with Gasteiger partial charge in [-0.25, -0.2) is 9.50 Å². The van der Waals surface area contributed by atoms with Crippen molar-refractivity contribution in [3.05, 3.63) is 91.1 Å². The van der Waals surface area contributed by atoms with Crippen molar-refractivity contribution in [2.75, 3.05) is 44.2 Å². The number of aryl methyl sites for hydroxylation is 1. The van der Waals surface area contributed by atoms with E-state index in [-0.39, 0.29) is 6.61 Å². The summed E-state index contributed by atoms with van der Waals surface area (Å²) in [7, 11) is 1.89. The molecule has 5 aromatic rings. The van der Waals surface area contributed by atoms with Crippen LogP contribution in [-0.4, -0.2) is 73.7 Å². The lowest BCUT2D eigenvalue weighted by Crippen LogP contribution is -2.47. The molecule has 0 aliphatic carbocycles. The van der Waals surface area contributed by atoms with E-state index in [1.165, 1.54) is 0 Å². The Kier molecular flexibility index (Phi) is 7.73. The number of aromatic nitrogens is 5. The van der Waals surface area contributed by atoms with E-state index in [4.69, 9.17) is 10.1 Å². The molecule has 6 rings (SSSR count). The molecule has 4 aromatic heterocycles. The fraction of sp³-hybridized carbons (Fsp3) is 0.241. The van der Waals surface area contributed by atoms with Gasteiger partial charge in [0.25, 0.3) is 0 Å². The monoisotopic (exact) mass is 506 g/mol. The molecule has 1 aliphatic rings. The van der Waals surface area contributed by atoms with E-state index in [0.29, 0.717) is 5.56 Å². The van der Waals surface area contributed by atoms with Gasteiger partial charge in [-0.1, -0.05) is 36.4 Å². The van der Waals surface area contributed by atoms with Gasteiger partial charge in [-0.05, 0) is 18.2 Å². The van der Waals surface area contributed by atoms with Crippen molar-refractivity contribution < 1.29 is 5.11 Å². The summed E-state index contributed by atoms with van der Waals surface area (Å²) < 4.78 is 3.52. The van der Waals surface area contributed by atoms with Crippen LogP contribution in [0.5, 0.6) is 0 Å². The van der Waals surface area contributed by atoms with Crippen LogP contribution in [0.1, 0.15) is 5.56 Å². The van der Waals surface area contributed by atoms with Gasteiger partial charge in [0, 0.05) is 80.6 Å². The van der Waals surface area contributed by atoms with Crippen molar-refractivity contribution in [2.45, 2.75) is 0 Å². The predicted molar refractivity (Wildman–Crippen MR) is 148 cm³/mol. The molecule has 0 saturated carbocycles. The molecule has 1 fully saturated rings. The Bertz CT molecular complexity index is 1480. The summed E-state index contributed by atoms with van der Waals surface area (Å²) in [4.78, 5) is 9.25. The van der Waals surface area contributed by atoms with Crippen molar-refractivity contribution in [1.82, 2.24) is 29.3 Å². The van der Waals surface area contributed by atoms with Gasteiger partial charge in [-0.15, -0.1) is 0 Å². The molecule has 0 bridgehead atoms. The predicted octanol–water partition coefficient (Wildman–Crippen LogP) is 3.47. The van der Waals surface area contributed by atoms with Crippen LogP contribution in [0.4, 0.5) is 5.82 Å². The smallest absolute Gasteiger partial charge is 0.128 e. The zero-order valence-corrected chi connectivity index (χ0v) is 21.4. The molecule has 9 nitrogen and oxygen atoms in total. The Labute approximate surface area is 221 Å². The Hall–Kier alpha value is -4.52. The molecule has 0 atom stereocenters. The third-order valence-electron chi connectivity index (χ3n) is 6.61. The molecule has 1 saturated heterocycles. The Balaban J connectivity index is 0.000000433. The molecule has 5 heterocycles. The lowest BCUT2D eigenvalue weighted by molar-refractivity contribution is 0.188. The van der Waals surface area contributed by atoms with Crippen molar-refractivity contribution in [1.29, 1.82) is 5.26 Å². The molecule has 1 aromatic carbocycles. The fourth-order valence-electron chi connectivity index (χ4n) is 4.61. The average molecular weight is 507 g/mol. The summed E-state index contributed by atoms with van der Waals surface area (Å²) in [6, 6.07) is 20.4. The van der Waals surface area contributed by atoms with Crippen LogP contribution in [0.15, 0.2) is 85.6 Å². The summed E-state index contributed by atoms with van der Waals surface area (Å²) in [5.41, 5.74) is 5.09. The Morgan fingerprint density at radius 2 is 1.61 bits per heavy atom. The molecule has 1 N–H and O–H groups in total. The van der Waals surface area contributed by atoms with Crippen LogP contribution in [0, 0.1) is 11.3 Å². The average Bonchev–Trinajstić information content (AvgIpc) is 3.60. The van der Waals surface area contributed by atoms with Crippen LogP contribution in [0.25, 0.3) is 27.8 Å². The number of aliphatic hydroxyl groups excluding tert-OH is 1. The van der Waals surface area contributed by atoms with Crippen molar-refractivity contribution >= 4 is 11.3 Å². The minimum atomic E-state index is 0.193. The van der Waals surface area contributed by atoms with Crippen LogP contribution >= 0.6 is 0 Å². The quantitative estimate of drug-likeness (QED) is 0.390. The Morgan fingerprint density at radius 1 is 0.868 bits per heavy atom. The first-order chi connectivity index (χ1) is 18.7. The zero-order chi connectivity index (χ0) is 26.3. The van der Waals surface area contributed by atoms with Gasteiger partial charge < -0.3 is 10.0 Å². The molecule has 0 unspecified atom stereocenters. The van der Waals surface area contributed by atoms with E-state index in [0.717, 1.165) is 66.3 Å². The highest BCUT2D eigenvalue weighted by atomic mass is 16.3. The number of anilines is 1. The normalized spacial score (nSPS) is 13.7. The number of rotatable bonds is 5. The van der Waals surface area contributed by atoms with E-state index in [1.807, 2.05) is 74.3 Å². The highest BCUT2D eigenvalue weighted by Gasteiger charge is 2.19. The number of pyridine rings is 2. The second kappa shape index (κ2) is 11.7. The minimum Gasteiger partial charge on any atom is -0.395 e. The molecule has 9 heteroatoms. The molecule has 0 amide bonds. The van der Waals surface area contributed by atoms with Crippen molar-refractivity contribution in [2.24, 2.45) is 7.05 Å². The lowest BCUT2D eigenvalue weighted by Gasteiger charge is -2.35. The molecular formula is C29H30N8O. The largest absolute Gasteiger partial charge is 0.395 e.